The number of hydrogen-bond acceptors (Lipinski definition) is 18. The van der Waals surface area contributed by atoms with Gasteiger partial charge < -0.3 is 58.4 Å². The first-order valence-corrected chi connectivity index (χ1v) is 23.2. The Balaban J connectivity index is 0.000000172. The Morgan fingerprint density at radius 1 is 0.580 bits per heavy atom. The Kier molecular flexibility index (Phi) is 14.4. The third-order valence-electron chi connectivity index (χ3n) is 12.6. The number of fused-ring (bicyclic) bond motifs is 2. The number of nitrogens with zero attached hydrogens (tertiary/aromatic N) is 10. The second kappa shape index (κ2) is 21.1. The van der Waals surface area contributed by atoms with Gasteiger partial charge in [-0.25, -0.2) is 14.8 Å². The average Bonchev–Trinajstić information content (AvgIpc) is 3.40. The molecule has 0 spiro atoms. The molecule has 6 aromatic rings. The van der Waals surface area contributed by atoms with Crippen LogP contribution in [0.15, 0.2) is 60.7 Å². The molecule has 4 aliphatic heterocycles. The van der Waals surface area contributed by atoms with E-state index in [4.69, 9.17) is 58.3 Å². The maximum atomic E-state index is 12.4. The zero-order valence-electron chi connectivity index (χ0n) is 39.5. The normalized spacial score (nSPS) is 18.7. The first-order valence-electron chi connectivity index (χ1n) is 23.2. The van der Waals surface area contributed by atoms with Crippen LogP contribution in [0.4, 0.5) is 23.5 Å². The number of carbonyl (C=O) groups excluding carboxylic acids is 1. The Labute approximate surface area is 399 Å². The van der Waals surface area contributed by atoms with Crippen LogP contribution in [0.1, 0.15) is 34.6 Å². The van der Waals surface area contributed by atoms with Crippen LogP contribution in [0.25, 0.3) is 44.6 Å². The third kappa shape index (κ3) is 10.1. The Morgan fingerprint density at radius 2 is 1.01 bits per heavy atom. The molecule has 0 unspecified atom stereocenters. The lowest BCUT2D eigenvalue weighted by Gasteiger charge is -2.34. The van der Waals surface area contributed by atoms with Gasteiger partial charge in [-0.15, -0.1) is 0 Å². The van der Waals surface area contributed by atoms with Crippen molar-refractivity contribution in [3.63, 3.8) is 0 Å². The number of hydrogen-bond donors (Lipinski definition) is 2. The van der Waals surface area contributed by atoms with E-state index < -0.39 is 5.97 Å². The van der Waals surface area contributed by atoms with E-state index >= 15 is 0 Å². The molecule has 4 aromatic heterocycles. The number of amides is 1. The van der Waals surface area contributed by atoms with Crippen LogP contribution in [0.3, 0.4) is 0 Å². The fourth-order valence-corrected chi connectivity index (χ4v) is 8.84. The zero-order valence-corrected chi connectivity index (χ0v) is 39.5. The highest BCUT2D eigenvalue weighted by Gasteiger charge is 2.28. The number of pyridine rings is 2. The molecule has 4 aliphatic rings. The van der Waals surface area contributed by atoms with Crippen LogP contribution in [-0.4, -0.2) is 172 Å². The summed E-state index contributed by atoms with van der Waals surface area (Å²) in [6.07, 6.45) is 0. The first-order chi connectivity index (χ1) is 33.6. The topological polar surface area (TPSA) is 212 Å². The van der Waals surface area contributed by atoms with Crippen LogP contribution in [0.5, 0.6) is 11.5 Å². The summed E-state index contributed by atoms with van der Waals surface area (Å²) >= 11 is 0. The molecule has 4 fully saturated rings. The molecule has 2 atom stereocenters. The molecule has 4 saturated heterocycles. The summed E-state index contributed by atoms with van der Waals surface area (Å²) in [5.41, 5.74) is 4.55. The van der Waals surface area contributed by atoms with Crippen molar-refractivity contribution in [1.29, 1.82) is 0 Å². The Bertz CT molecular complexity index is 2820. The molecule has 8 heterocycles. The summed E-state index contributed by atoms with van der Waals surface area (Å²) in [4.78, 5) is 62.3. The number of benzene rings is 2. The maximum absolute atomic E-state index is 12.4. The van der Waals surface area contributed by atoms with E-state index in [-0.39, 0.29) is 23.6 Å². The van der Waals surface area contributed by atoms with Crippen molar-refractivity contribution in [2.24, 2.45) is 0 Å². The minimum atomic E-state index is -1.06. The molecule has 10 rings (SSSR count). The minimum Gasteiger partial charge on any atom is -0.496 e. The summed E-state index contributed by atoms with van der Waals surface area (Å²) in [7, 11) is 4.60. The summed E-state index contributed by atoms with van der Waals surface area (Å²) in [6.45, 7) is 13.8. The number of anilines is 4. The van der Waals surface area contributed by atoms with Crippen molar-refractivity contribution < 1.29 is 43.1 Å². The number of ether oxygens (including phenoxy) is 6. The number of nitrogens with one attached hydrogen (secondary N) is 1. The number of rotatable bonds is 10. The van der Waals surface area contributed by atoms with Gasteiger partial charge in [0.2, 0.25) is 11.9 Å². The van der Waals surface area contributed by atoms with E-state index in [0.717, 1.165) is 66.4 Å². The van der Waals surface area contributed by atoms with Crippen molar-refractivity contribution in [2.75, 3.05) is 133 Å². The van der Waals surface area contributed by atoms with Crippen LogP contribution in [0, 0.1) is 0 Å². The Morgan fingerprint density at radius 3 is 1.43 bits per heavy atom. The van der Waals surface area contributed by atoms with Crippen molar-refractivity contribution in [1.82, 2.24) is 35.2 Å². The summed E-state index contributed by atoms with van der Waals surface area (Å²) < 4.78 is 32.9. The third-order valence-corrected chi connectivity index (χ3v) is 12.6. The van der Waals surface area contributed by atoms with Crippen molar-refractivity contribution in [3.05, 3.63) is 71.8 Å². The lowest BCUT2D eigenvalue weighted by atomic mass is 10.1. The second-order valence-electron chi connectivity index (χ2n) is 17.0. The van der Waals surface area contributed by atoms with Gasteiger partial charge in [0.05, 0.1) is 107 Å². The quantitative estimate of drug-likeness (QED) is 0.192. The molecule has 0 saturated carbocycles. The van der Waals surface area contributed by atoms with Crippen LogP contribution < -0.4 is 34.4 Å². The van der Waals surface area contributed by atoms with Gasteiger partial charge in [0.1, 0.15) is 28.7 Å². The predicted molar refractivity (Wildman–Crippen MR) is 260 cm³/mol. The number of carboxylic acid groups (broad SMARTS) is 1. The van der Waals surface area contributed by atoms with Gasteiger partial charge in [-0.3, -0.25) is 4.79 Å². The number of morpholine rings is 4. The fraction of sp³-hybridized carbons (Fsp3) is 0.429. The largest absolute Gasteiger partial charge is 0.496 e. The van der Waals surface area contributed by atoms with Crippen molar-refractivity contribution in [2.45, 2.75) is 25.9 Å². The van der Waals surface area contributed by atoms with Gasteiger partial charge in [-0.1, -0.05) is 0 Å². The monoisotopic (exact) mass is 943 g/mol. The number of aromatic nitrogens is 6. The molecule has 0 radical (unpaired) electrons. The molecule has 20 heteroatoms. The summed E-state index contributed by atoms with van der Waals surface area (Å²) in [5, 5.41) is 14.0. The molecule has 2 N–H and O–H groups in total. The molecule has 0 aliphatic carbocycles. The van der Waals surface area contributed by atoms with Crippen LogP contribution in [-0.2, 0) is 18.9 Å². The van der Waals surface area contributed by atoms with E-state index in [2.05, 4.69) is 38.8 Å². The van der Waals surface area contributed by atoms with Crippen molar-refractivity contribution >= 4 is 57.5 Å². The number of methoxy groups -OCH3 is 2. The molecular formula is C49H57N11O9. The second-order valence-corrected chi connectivity index (χ2v) is 17.0. The number of carbonyl (C=O) groups is 2. The highest BCUT2D eigenvalue weighted by molar-refractivity contribution is 5.98. The van der Waals surface area contributed by atoms with Crippen LogP contribution in [0.2, 0.25) is 0 Å². The smallest absolute Gasteiger partial charge is 0.339 e. The number of aromatic carboxylic acids is 1. The molecule has 362 valence electrons. The highest BCUT2D eigenvalue weighted by atomic mass is 16.5. The number of carboxylic acids is 1. The highest BCUT2D eigenvalue weighted by Crippen LogP contribution is 2.34. The van der Waals surface area contributed by atoms with Gasteiger partial charge in [0, 0.05) is 57.4 Å². The molecule has 20 nitrogen and oxygen atoms in total. The lowest BCUT2D eigenvalue weighted by Crippen LogP contribution is -2.45. The summed E-state index contributed by atoms with van der Waals surface area (Å²) in [6, 6.07) is 18.6. The van der Waals surface area contributed by atoms with Gasteiger partial charge in [0.25, 0.3) is 5.91 Å². The predicted octanol–water partition coefficient (Wildman–Crippen LogP) is 4.58. The maximum Gasteiger partial charge on any atom is 0.339 e. The molecule has 0 bridgehead atoms. The van der Waals surface area contributed by atoms with Gasteiger partial charge in [0.15, 0.2) is 11.3 Å². The molecule has 1 amide bonds. The minimum absolute atomic E-state index is 0.0846. The first kappa shape index (κ1) is 47.1. The van der Waals surface area contributed by atoms with Crippen molar-refractivity contribution in [3.8, 4) is 34.0 Å². The molecule has 69 heavy (non-hydrogen) atoms. The van der Waals surface area contributed by atoms with Crippen LogP contribution >= 0.6 is 0 Å². The van der Waals surface area contributed by atoms with E-state index in [1.165, 1.54) is 7.11 Å². The lowest BCUT2D eigenvalue weighted by molar-refractivity contribution is 0.0693. The zero-order chi connectivity index (χ0) is 48.0. The SMILES string of the molecule is CNC(=O)c1cc(-c2ccc3c(N4CCOCC4)nc(N4CCOC[C@@H]4C)nc3n2)ccc1OC.COc1ccc(-c2ccc3c(N4CCOCC4)nc(N4CCOC[C@@H]4C)nc3n2)cc1C(=O)O. The standard InChI is InChI=1S/C25H30N6O4.C24H27N5O5/c1-16-15-35-13-10-31(16)25-28-22-18(23(29-25)30-8-11-34-12-9-30)5-6-20(27-22)17-4-7-21(33-3)19(14-17)24(32)26-2;1-15-14-34-12-9-29(15)24-26-21-17(22(27-24)28-7-10-33-11-8-28)4-5-19(25-21)16-3-6-20(32-2)18(13-16)23(30)31/h4-7,14,16H,8-13,15H2,1-3H3,(H,26,32);3-6,13,15H,7-12,14H2,1-2H3,(H,30,31)/t16-;15-/m00/s1. The molecular weight excluding hydrogens is 887 g/mol. The van der Waals surface area contributed by atoms with Gasteiger partial charge in [-0.05, 0) is 74.5 Å². The van der Waals surface area contributed by atoms with E-state index in [1.54, 1.807) is 44.5 Å². The van der Waals surface area contributed by atoms with Gasteiger partial charge in [-0.2, -0.15) is 19.9 Å². The van der Waals surface area contributed by atoms with E-state index in [9.17, 15) is 14.7 Å². The average molecular weight is 944 g/mol. The van der Waals surface area contributed by atoms with Gasteiger partial charge >= 0.3 is 5.97 Å². The fourth-order valence-electron chi connectivity index (χ4n) is 8.84. The molecule has 2 aromatic carbocycles. The van der Waals surface area contributed by atoms with E-state index in [1.807, 2.05) is 30.3 Å². The van der Waals surface area contributed by atoms with E-state index in [0.29, 0.717) is 111 Å². The summed E-state index contributed by atoms with van der Waals surface area (Å²) in [5.74, 6) is 2.52. The Hall–Kier alpha value is -7.00.